The maximum atomic E-state index is 10.8. The topological polar surface area (TPSA) is 68.9 Å². The lowest BCUT2D eigenvalue weighted by atomic mass is 10.3. The van der Waals surface area contributed by atoms with Crippen LogP contribution in [0.1, 0.15) is 36.3 Å². The van der Waals surface area contributed by atoms with Gasteiger partial charge < -0.3 is 19.0 Å². The molecule has 1 aromatic heterocycles. The molecular weight excluding hydrogens is 340 g/mol. The van der Waals surface area contributed by atoms with Crippen molar-refractivity contribution in [1.82, 2.24) is 0 Å². The van der Waals surface area contributed by atoms with Crippen molar-refractivity contribution in [3.8, 4) is 11.5 Å². The van der Waals surface area contributed by atoms with Gasteiger partial charge in [0.1, 0.15) is 17.3 Å². The zero-order valence-electron chi connectivity index (χ0n) is 11.6. The molecule has 0 aliphatic carbocycles. The van der Waals surface area contributed by atoms with Crippen LogP contribution < -0.4 is 9.47 Å². The molecule has 1 aromatic carbocycles. The second-order valence-electron chi connectivity index (χ2n) is 4.29. The van der Waals surface area contributed by atoms with Crippen LogP contribution in [0.25, 0.3) is 0 Å². The average molecular weight is 355 g/mol. The van der Waals surface area contributed by atoms with Crippen LogP contribution in [-0.2, 0) is 0 Å². The first-order valence-electron chi connectivity index (χ1n) is 6.43. The highest BCUT2D eigenvalue weighted by Crippen LogP contribution is 2.32. The molecule has 2 rings (SSSR count). The van der Waals surface area contributed by atoms with Crippen molar-refractivity contribution in [3.05, 3.63) is 46.3 Å². The zero-order chi connectivity index (χ0) is 15.4. The van der Waals surface area contributed by atoms with Crippen LogP contribution in [0.4, 0.5) is 0 Å². The molecule has 6 heteroatoms. The van der Waals surface area contributed by atoms with Gasteiger partial charge in [0, 0.05) is 0 Å². The number of hydrogen-bond acceptors (Lipinski definition) is 4. The molecule has 2 aromatic rings. The molecule has 0 spiro atoms. The highest BCUT2D eigenvalue weighted by atomic mass is 79.9. The van der Waals surface area contributed by atoms with Crippen molar-refractivity contribution in [2.45, 2.75) is 20.0 Å². The van der Waals surface area contributed by atoms with E-state index in [0.29, 0.717) is 18.1 Å². The van der Waals surface area contributed by atoms with Crippen LogP contribution in [0.5, 0.6) is 11.5 Å². The first-order chi connectivity index (χ1) is 10.0. The van der Waals surface area contributed by atoms with Crippen molar-refractivity contribution in [1.29, 1.82) is 0 Å². The number of carboxylic acid groups (broad SMARTS) is 1. The molecule has 0 aliphatic rings. The highest BCUT2D eigenvalue weighted by Gasteiger charge is 2.16. The summed E-state index contributed by atoms with van der Waals surface area (Å²) < 4.78 is 17.1. The number of benzene rings is 1. The van der Waals surface area contributed by atoms with Gasteiger partial charge in [0.05, 0.1) is 11.1 Å². The molecule has 21 heavy (non-hydrogen) atoms. The van der Waals surface area contributed by atoms with E-state index in [0.717, 1.165) is 10.2 Å². The normalized spacial score (nSPS) is 12.0. The summed E-state index contributed by atoms with van der Waals surface area (Å²) in [7, 11) is 0. The van der Waals surface area contributed by atoms with Crippen LogP contribution in [0.3, 0.4) is 0 Å². The van der Waals surface area contributed by atoms with Gasteiger partial charge in [-0.15, -0.1) is 0 Å². The lowest BCUT2D eigenvalue weighted by Gasteiger charge is -2.14. The van der Waals surface area contributed by atoms with Crippen LogP contribution in [-0.4, -0.2) is 17.7 Å². The Hall–Kier alpha value is -1.95. The molecule has 1 heterocycles. The second-order valence-corrected chi connectivity index (χ2v) is 5.15. The van der Waals surface area contributed by atoms with E-state index in [1.165, 1.54) is 6.07 Å². The van der Waals surface area contributed by atoms with Gasteiger partial charge in [0.2, 0.25) is 5.76 Å². The third kappa shape index (κ3) is 3.78. The van der Waals surface area contributed by atoms with E-state index in [4.69, 9.17) is 19.0 Å². The standard InChI is InChI=1S/C15H15BrO5/c1-3-19-10-4-5-13(11(16)8-10)20-9(2)12-6-7-14(21-12)15(17)18/h4-9H,3H2,1-2H3,(H,17,18). The van der Waals surface area contributed by atoms with E-state index in [2.05, 4.69) is 15.9 Å². The fourth-order valence-electron chi connectivity index (χ4n) is 1.77. The Labute approximate surface area is 130 Å². The Morgan fingerprint density at radius 3 is 2.71 bits per heavy atom. The van der Waals surface area contributed by atoms with E-state index < -0.39 is 12.1 Å². The second kappa shape index (κ2) is 6.67. The Morgan fingerprint density at radius 2 is 2.14 bits per heavy atom. The van der Waals surface area contributed by atoms with Gasteiger partial charge in [-0.25, -0.2) is 4.79 Å². The number of rotatable bonds is 6. The van der Waals surface area contributed by atoms with E-state index in [9.17, 15) is 4.79 Å². The first-order valence-corrected chi connectivity index (χ1v) is 7.22. The predicted octanol–water partition coefficient (Wildman–Crippen LogP) is 4.28. The summed E-state index contributed by atoms with van der Waals surface area (Å²) in [4.78, 5) is 10.8. The summed E-state index contributed by atoms with van der Waals surface area (Å²) in [6, 6.07) is 8.41. The third-order valence-electron chi connectivity index (χ3n) is 2.76. The number of hydrogen-bond donors (Lipinski definition) is 1. The SMILES string of the molecule is CCOc1ccc(OC(C)c2ccc(C(=O)O)o2)c(Br)c1. The minimum Gasteiger partial charge on any atom is -0.494 e. The summed E-state index contributed by atoms with van der Waals surface area (Å²) in [6.45, 7) is 4.29. The Balaban J connectivity index is 2.11. The quantitative estimate of drug-likeness (QED) is 0.838. The van der Waals surface area contributed by atoms with Crippen molar-refractivity contribution in [2.75, 3.05) is 6.61 Å². The smallest absolute Gasteiger partial charge is 0.371 e. The van der Waals surface area contributed by atoms with Crippen LogP contribution in [0, 0.1) is 0 Å². The molecule has 0 fully saturated rings. The van der Waals surface area contributed by atoms with Crippen molar-refractivity contribution in [3.63, 3.8) is 0 Å². The fourth-order valence-corrected chi connectivity index (χ4v) is 2.22. The molecule has 0 saturated heterocycles. The predicted molar refractivity (Wildman–Crippen MR) is 80.0 cm³/mol. The molecule has 0 radical (unpaired) electrons. The van der Waals surface area contributed by atoms with Gasteiger partial charge >= 0.3 is 5.97 Å². The van der Waals surface area contributed by atoms with Gasteiger partial charge in [0.25, 0.3) is 0 Å². The Bertz CT molecular complexity index is 635. The molecule has 0 amide bonds. The molecule has 5 nitrogen and oxygen atoms in total. The van der Waals surface area contributed by atoms with Gasteiger partial charge in [-0.05, 0) is 60.1 Å². The van der Waals surface area contributed by atoms with Gasteiger partial charge in [-0.3, -0.25) is 0 Å². The number of halogens is 1. The van der Waals surface area contributed by atoms with Crippen molar-refractivity contribution in [2.24, 2.45) is 0 Å². The Morgan fingerprint density at radius 1 is 1.38 bits per heavy atom. The molecule has 0 bridgehead atoms. The molecular formula is C15H15BrO5. The van der Waals surface area contributed by atoms with E-state index in [-0.39, 0.29) is 5.76 Å². The van der Waals surface area contributed by atoms with Gasteiger partial charge in [-0.1, -0.05) is 0 Å². The number of carbonyl (C=O) groups is 1. The monoisotopic (exact) mass is 354 g/mol. The largest absolute Gasteiger partial charge is 0.494 e. The van der Waals surface area contributed by atoms with E-state index in [1.807, 2.05) is 13.0 Å². The summed E-state index contributed by atoms with van der Waals surface area (Å²) in [5, 5.41) is 8.84. The molecule has 1 unspecified atom stereocenters. The van der Waals surface area contributed by atoms with Crippen molar-refractivity contribution < 1.29 is 23.8 Å². The number of aromatic carboxylic acids is 1. The van der Waals surface area contributed by atoms with E-state index >= 15 is 0 Å². The lowest BCUT2D eigenvalue weighted by Crippen LogP contribution is -2.03. The molecule has 0 saturated carbocycles. The Kier molecular flexibility index (Phi) is 4.90. The van der Waals surface area contributed by atoms with Gasteiger partial charge in [0.15, 0.2) is 6.10 Å². The summed E-state index contributed by atoms with van der Waals surface area (Å²) in [5.41, 5.74) is 0. The summed E-state index contributed by atoms with van der Waals surface area (Å²) in [5.74, 6) is 0.616. The van der Waals surface area contributed by atoms with Crippen molar-refractivity contribution >= 4 is 21.9 Å². The summed E-state index contributed by atoms with van der Waals surface area (Å²) >= 11 is 3.42. The first kappa shape index (κ1) is 15.4. The average Bonchev–Trinajstić information content (AvgIpc) is 2.92. The molecule has 1 atom stereocenters. The molecule has 1 N–H and O–H groups in total. The molecule has 0 aliphatic heterocycles. The summed E-state index contributed by atoms with van der Waals surface area (Å²) in [6.07, 6.45) is -0.410. The number of ether oxygens (including phenoxy) is 2. The number of carboxylic acids is 1. The maximum Gasteiger partial charge on any atom is 0.371 e. The van der Waals surface area contributed by atoms with E-state index in [1.54, 1.807) is 25.1 Å². The highest BCUT2D eigenvalue weighted by molar-refractivity contribution is 9.10. The van der Waals surface area contributed by atoms with Crippen LogP contribution >= 0.6 is 15.9 Å². The third-order valence-corrected chi connectivity index (χ3v) is 3.38. The van der Waals surface area contributed by atoms with Crippen LogP contribution in [0.2, 0.25) is 0 Å². The maximum absolute atomic E-state index is 10.8. The minimum atomic E-state index is -1.10. The zero-order valence-corrected chi connectivity index (χ0v) is 13.2. The molecule has 112 valence electrons. The fraction of sp³-hybridized carbons (Fsp3) is 0.267. The minimum absolute atomic E-state index is 0.105. The number of furan rings is 1. The lowest BCUT2D eigenvalue weighted by molar-refractivity contribution is 0.0655. The van der Waals surface area contributed by atoms with Crippen LogP contribution in [0.15, 0.2) is 39.2 Å². The van der Waals surface area contributed by atoms with Gasteiger partial charge in [-0.2, -0.15) is 0 Å².